The first-order valence-corrected chi connectivity index (χ1v) is 6.53. The average Bonchev–Trinajstić information content (AvgIpc) is 3.09. The quantitative estimate of drug-likeness (QED) is 0.402. The van der Waals surface area contributed by atoms with E-state index >= 15 is 0 Å². The van der Waals surface area contributed by atoms with Gasteiger partial charge in [0.25, 0.3) is 5.89 Å². The molecule has 0 fully saturated rings. The number of fused-ring (bicyclic) bond motifs is 7. The summed E-state index contributed by atoms with van der Waals surface area (Å²) in [4.78, 5) is 8.63. The predicted molar refractivity (Wildman–Crippen MR) is 73.0 cm³/mol. The lowest BCUT2D eigenvalue weighted by Gasteiger charge is -1.91. The molecule has 0 aliphatic carbocycles. The molecule has 5 rings (SSSR count). The van der Waals surface area contributed by atoms with Gasteiger partial charge in [-0.05, 0) is 18.2 Å². The van der Waals surface area contributed by atoms with Crippen molar-refractivity contribution < 1.29 is 8.98 Å². The van der Waals surface area contributed by atoms with Crippen molar-refractivity contribution in [1.29, 1.82) is 0 Å². The molecule has 0 spiro atoms. The minimum atomic E-state index is 0.801. The molecule has 96 valence electrons. The van der Waals surface area contributed by atoms with Gasteiger partial charge in [-0.15, -0.1) is 0 Å². The monoisotopic (exact) mass is 263 g/mol. The van der Waals surface area contributed by atoms with Crippen molar-refractivity contribution in [3.63, 3.8) is 0 Å². The highest BCUT2D eigenvalue weighted by Gasteiger charge is 2.34. The fraction of sp³-hybridized carbons (Fsp3) is 0.133. The Bertz CT molecular complexity index is 996. The lowest BCUT2D eigenvalue weighted by molar-refractivity contribution is -0.652. The summed E-state index contributed by atoms with van der Waals surface area (Å²) < 4.78 is 10.4. The lowest BCUT2D eigenvalue weighted by atomic mass is 10.2. The maximum Gasteiger partial charge on any atom is 0.330 e. The van der Waals surface area contributed by atoms with Crippen LogP contribution in [0.15, 0.2) is 41.2 Å². The molecule has 0 amide bonds. The van der Waals surface area contributed by atoms with Crippen LogP contribution in [-0.4, -0.2) is 14.5 Å². The molecule has 1 aliphatic rings. The minimum absolute atomic E-state index is 0.801. The minimum Gasteiger partial charge on any atom is -0.413 e. The van der Waals surface area contributed by atoms with E-state index in [-0.39, 0.29) is 0 Å². The smallest absolute Gasteiger partial charge is 0.330 e. The van der Waals surface area contributed by atoms with Crippen molar-refractivity contribution in [2.45, 2.75) is 6.54 Å². The average molecular weight is 263 g/mol. The van der Waals surface area contributed by atoms with Crippen LogP contribution in [0.2, 0.25) is 0 Å². The van der Waals surface area contributed by atoms with Crippen LogP contribution >= 0.6 is 0 Å². The summed E-state index contributed by atoms with van der Waals surface area (Å²) in [6.07, 6.45) is 5.52. The second kappa shape index (κ2) is 3.25. The van der Waals surface area contributed by atoms with Crippen molar-refractivity contribution in [2.75, 3.05) is 0 Å². The highest BCUT2D eigenvalue weighted by Crippen LogP contribution is 2.34. The summed E-state index contributed by atoms with van der Waals surface area (Å²) in [6, 6.07) is 6.01. The zero-order valence-electron chi connectivity index (χ0n) is 10.9. The van der Waals surface area contributed by atoms with Gasteiger partial charge in [0.05, 0.1) is 18.0 Å². The van der Waals surface area contributed by atoms with E-state index in [4.69, 9.17) is 4.42 Å². The zero-order valence-corrected chi connectivity index (χ0v) is 10.9. The number of nitrogens with zero attached hydrogens (tertiary/aromatic N) is 4. The van der Waals surface area contributed by atoms with Crippen LogP contribution in [0.5, 0.6) is 0 Å². The van der Waals surface area contributed by atoms with Crippen LogP contribution in [0, 0.1) is 0 Å². The van der Waals surface area contributed by atoms with Crippen molar-refractivity contribution >= 4 is 22.3 Å². The molecule has 4 aromatic heterocycles. The molecule has 1 aliphatic heterocycles. The predicted octanol–water partition coefficient (Wildman–Crippen LogP) is 2.03. The Morgan fingerprint density at radius 1 is 1.30 bits per heavy atom. The number of pyridine rings is 2. The van der Waals surface area contributed by atoms with E-state index in [9.17, 15) is 0 Å². The first-order chi connectivity index (χ1) is 9.84. The molecule has 0 unspecified atom stereocenters. The van der Waals surface area contributed by atoms with Crippen LogP contribution < -0.4 is 4.57 Å². The summed E-state index contributed by atoms with van der Waals surface area (Å²) in [6.45, 7) is 0.801. The Balaban J connectivity index is 1.97. The van der Waals surface area contributed by atoms with Crippen molar-refractivity contribution in [3.8, 4) is 11.5 Å². The molecule has 4 aromatic rings. The number of aromatic nitrogens is 4. The van der Waals surface area contributed by atoms with Gasteiger partial charge in [-0.3, -0.25) is 4.98 Å². The molecule has 0 aromatic carbocycles. The van der Waals surface area contributed by atoms with Gasteiger partial charge >= 0.3 is 5.65 Å². The fourth-order valence-electron chi connectivity index (χ4n) is 3.15. The topological polar surface area (TPSA) is 47.7 Å². The summed E-state index contributed by atoms with van der Waals surface area (Å²) in [5, 5.41) is 1.06. The summed E-state index contributed by atoms with van der Waals surface area (Å²) in [5.41, 5.74) is 5.27. The third kappa shape index (κ3) is 1.02. The van der Waals surface area contributed by atoms with Crippen molar-refractivity contribution in [3.05, 3.63) is 42.4 Å². The SMILES string of the molecule is Cn1c2ncccc2c2oc3[n+](c21)Cc1cnccc1-3. The van der Waals surface area contributed by atoms with Crippen LogP contribution in [0.25, 0.3) is 33.7 Å². The second-order valence-electron chi connectivity index (χ2n) is 5.11. The Kier molecular flexibility index (Phi) is 1.65. The van der Waals surface area contributed by atoms with Gasteiger partial charge in [0, 0.05) is 24.2 Å². The standard InChI is InChI=1S/C15H11N4O/c1-18-13-11(3-2-5-17-13)12-14(18)19-8-9-7-16-6-4-10(9)15(19)20-12/h2-7H,8H2,1H3/q+1. The van der Waals surface area contributed by atoms with Crippen LogP contribution in [-0.2, 0) is 13.6 Å². The van der Waals surface area contributed by atoms with E-state index in [1.807, 2.05) is 31.6 Å². The Hall–Kier alpha value is -2.69. The third-order valence-corrected chi connectivity index (χ3v) is 4.03. The van der Waals surface area contributed by atoms with Crippen LogP contribution in [0.1, 0.15) is 5.56 Å². The molecule has 0 saturated carbocycles. The van der Waals surface area contributed by atoms with E-state index in [1.165, 1.54) is 5.56 Å². The zero-order chi connectivity index (χ0) is 13.3. The fourth-order valence-corrected chi connectivity index (χ4v) is 3.15. The highest BCUT2D eigenvalue weighted by atomic mass is 16.4. The molecule has 0 atom stereocenters. The number of aryl methyl sites for hydroxylation is 1. The molecule has 20 heavy (non-hydrogen) atoms. The van der Waals surface area contributed by atoms with E-state index < -0.39 is 0 Å². The summed E-state index contributed by atoms with van der Waals surface area (Å²) in [5.74, 6) is 0.911. The Morgan fingerprint density at radius 2 is 2.25 bits per heavy atom. The normalized spacial score (nSPS) is 13.1. The lowest BCUT2D eigenvalue weighted by Crippen LogP contribution is -2.32. The van der Waals surface area contributed by atoms with E-state index in [1.54, 1.807) is 6.20 Å². The van der Waals surface area contributed by atoms with Crippen molar-refractivity contribution in [1.82, 2.24) is 14.5 Å². The van der Waals surface area contributed by atoms with Crippen LogP contribution in [0.3, 0.4) is 0 Å². The molecule has 5 heterocycles. The van der Waals surface area contributed by atoms with Gasteiger partial charge in [0.2, 0.25) is 11.2 Å². The van der Waals surface area contributed by atoms with Gasteiger partial charge in [-0.1, -0.05) is 0 Å². The maximum absolute atomic E-state index is 6.15. The van der Waals surface area contributed by atoms with Gasteiger partial charge < -0.3 is 4.42 Å². The number of hydrogen-bond donors (Lipinski definition) is 0. The van der Waals surface area contributed by atoms with Gasteiger partial charge in [-0.2, -0.15) is 4.57 Å². The van der Waals surface area contributed by atoms with E-state index in [0.717, 1.165) is 40.3 Å². The largest absolute Gasteiger partial charge is 0.413 e. The molecular weight excluding hydrogens is 252 g/mol. The maximum atomic E-state index is 6.15. The highest BCUT2D eigenvalue weighted by molar-refractivity contribution is 6.00. The molecule has 5 nitrogen and oxygen atoms in total. The van der Waals surface area contributed by atoms with Gasteiger partial charge in [-0.25, -0.2) is 9.55 Å². The molecule has 0 saturated heterocycles. The second-order valence-corrected chi connectivity index (χ2v) is 5.11. The molecule has 5 heteroatoms. The first kappa shape index (κ1) is 10.1. The number of oxazole rings is 1. The van der Waals surface area contributed by atoms with Crippen molar-refractivity contribution in [2.24, 2.45) is 7.05 Å². The molecule has 0 bridgehead atoms. The van der Waals surface area contributed by atoms with Crippen LogP contribution in [0.4, 0.5) is 0 Å². The Labute approximate surface area is 114 Å². The van der Waals surface area contributed by atoms with Gasteiger partial charge in [0.1, 0.15) is 6.54 Å². The molecule has 0 N–H and O–H groups in total. The van der Waals surface area contributed by atoms with E-state index in [2.05, 4.69) is 25.2 Å². The Morgan fingerprint density at radius 3 is 3.20 bits per heavy atom. The molecule has 0 radical (unpaired) electrons. The number of hydrogen-bond acceptors (Lipinski definition) is 3. The summed E-state index contributed by atoms with van der Waals surface area (Å²) >= 11 is 0. The third-order valence-electron chi connectivity index (χ3n) is 4.03. The summed E-state index contributed by atoms with van der Waals surface area (Å²) in [7, 11) is 2.03. The van der Waals surface area contributed by atoms with E-state index in [0.29, 0.717) is 0 Å². The van der Waals surface area contributed by atoms with Gasteiger partial charge in [0.15, 0.2) is 0 Å². The number of rotatable bonds is 0. The first-order valence-electron chi connectivity index (χ1n) is 6.53. The molecular formula is C15H11N4O+.